The first-order valence-electron chi connectivity index (χ1n) is 8.30. The molecule has 3 heterocycles. The minimum Gasteiger partial charge on any atom is -0.340 e. The number of fused-ring (bicyclic) bond motifs is 1. The Bertz CT molecular complexity index is 869. The summed E-state index contributed by atoms with van der Waals surface area (Å²) in [5.41, 5.74) is 1.94. The van der Waals surface area contributed by atoms with E-state index in [0.29, 0.717) is 12.5 Å². The van der Waals surface area contributed by atoms with Crippen LogP contribution in [0.15, 0.2) is 36.8 Å². The van der Waals surface area contributed by atoms with E-state index in [0.717, 1.165) is 42.0 Å². The molecule has 0 saturated carbocycles. The van der Waals surface area contributed by atoms with Gasteiger partial charge in [-0.2, -0.15) is 0 Å². The zero-order valence-electron chi connectivity index (χ0n) is 13.7. The maximum Gasteiger partial charge on any atom is 0.242 e. The van der Waals surface area contributed by atoms with Gasteiger partial charge in [-0.25, -0.2) is 9.97 Å². The van der Waals surface area contributed by atoms with E-state index in [9.17, 15) is 4.79 Å². The fourth-order valence-electron chi connectivity index (χ4n) is 3.35. The van der Waals surface area contributed by atoms with Crippen LogP contribution in [0.5, 0.6) is 0 Å². The molecule has 0 N–H and O–H groups in total. The number of amides is 1. The largest absolute Gasteiger partial charge is 0.340 e. The first kappa shape index (κ1) is 15.3. The van der Waals surface area contributed by atoms with Crippen molar-refractivity contribution in [1.82, 2.24) is 19.4 Å². The minimum absolute atomic E-state index is 0.163. The minimum atomic E-state index is 0.163. The molecule has 1 aliphatic rings. The van der Waals surface area contributed by atoms with Crippen molar-refractivity contribution in [2.75, 3.05) is 13.1 Å². The van der Waals surface area contributed by atoms with Crippen LogP contribution in [0, 0.1) is 6.92 Å². The van der Waals surface area contributed by atoms with E-state index in [1.54, 1.807) is 17.7 Å². The number of rotatable bonds is 3. The molecule has 6 heteroatoms. The zero-order valence-corrected chi connectivity index (χ0v) is 14.5. The van der Waals surface area contributed by atoms with Gasteiger partial charge in [-0.1, -0.05) is 12.1 Å². The summed E-state index contributed by atoms with van der Waals surface area (Å²) in [7, 11) is 0. The highest BCUT2D eigenvalue weighted by Gasteiger charge is 2.26. The molecule has 0 unspecified atom stereocenters. The predicted molar refractivity (Wildman–Crippen MR) is 95.1 cm³/mol. The number of likely N-dealkylation sites (tertiary alicyclic amines) is 1. The van der Waals surface area contributed by atoms with Crippen LogP contribution >= 0.6 is 11.3 Å². The highest BCUT2D eigenvalue weighted by Crippen LogP contribution is 2.30. The van der Waals surface area contributed by atoms with Gasteiger partial charge in [0.1, 0.15) is 6.54 Å². The Hall–Kier alpha value is -2.21. The van der Waals surface area contributed by atoms with Gasteiger partial charge in [0.05, 0.1) is 22.4 Å². The number of thiazole rings is 1. The van der Waals surface area contributed by atoms with Crippen molar-refractivity contribution in [1.29, 1.82) is 0 Å². The van der Waals surface area contributed by atoms with Gasteiger partial charge >= 0.3 is 0 Å². The highest BCUT2D eigenvalue weighted by atomic mass is 32.1. The van der Waals surface area contributed by atoms with Gasteiger partial charge in [0.15, 0.2) is 0 Å². The van der Waals surface area contributed by atoms with Crippen LogP contribution in [0.1, 0.15) is 28.6 Å². The predicted octanol–water partition coefficient (Wildman–Crippen LogP) is 3.21. The third-order valence-electron chi connectivity index (χ3n) is 4.60. The molecule has 0 spiro atoms. The van der Waals surface area contributed by atoms with Gasteiger partial charge < -0.3 is 9.47 Å². The Morgan fingerprint density at radius 1 is 1.33 bits per heavy atom. The molecule has 1 aromatic carbocycles. The van der Waals surface area contributed by atoms with Crippen LogP contribution in [-0.4, -0.2) is 38.4 Å². The number of hydrogen-bond donors (Lipinski definition) is 0. The maximum absolute atomic E-state index is 12.8. The van der Waals surface area contributed by atoms with Gasteiger partial charge in [-0.3, -0.25) is 4.79 Å². The summed E-state index contributed by atoms with van der Waals surface area (Å²) < 4.78 is 1.94. The van der Waals surface area contributed by atoms with Crippen molar-refractivity contribution in [2.45, 2.75) is 32.2 Å². The normalized spacial score (nSPS) is 18.2. The number of hydrogen-bond acceptors (Lipinski definition) is 4. The molecule has 24 heavy (non-hydrogen) atoms. The van der Waals surface area contributed by atoms with E-state index in [1.807, 2.05) is 39.9 Å². The second kappa shape index (κ2) is 6.36. The lowest BCUT2D eigenvalue weighted by Crippen LogP contribution is -2.40. The van der Waals surface area contributed by atoms with Crippen LogP contribution in [0.4, 0.5) is 0 Å². The van der Waals surface area contributed by atoms with Crippen LogP contribution in [0.2, 0.25) is 0 Å². The zero-order chi connectivity index (χ0) is 16.5. The standard InChI is InChI=1S/C18H20N4OS/c1-13-9-19-18(24-13)14-5-4-8-21(10-14)17(23)11-22-12-20-15-6-2-3-7-16(15)22/h2-3,6-7,9,12,14H,4-5,8,10-11H2,1H3/t14-/m0/s1. The molecule has 1 atom stereocenters. The molecular formula is C18H20N4OS. The SMILES string of the molecule is Cc1cnc([C@H]2CCCN(C(=O)Cn3cnc4ccccc43)C2)s1. The number of aryl methyl sites for hydroxylation is 1. The van der Waals surface area contributed by atoms with Crippen LogP contribution < -0.4 is 0 Å². The quantitative estimate of drug-likeness (QED) is 0.736. The molecule has 0 aliphatic carbocycles. The monoisotopic (exact) mass is 340 g/mol. The van der Waals surface area contributed by atoms with Crippen molar-refractivity contribution in [2.24, 2.45) is 0 Å². The van der Waals surface area contributed by atoms with Gasteiger partial charge in [-0.15, -0.1) is 11.3 Å². The number of nitrogens with zero attached hydrogens (tertiary/aromatic N) is 4. The van der Waals surface area contributed by atoms with Crippen molar-refractivity contribution in [3.8, 4) is 0 Å². The van der Waals surface area contributed by atoms with Crippen molar-refractivity contribution in [3.63, 3.8) is 0 Å². The maximum atomic E-state index is 12.8. The van der Waals surface area contributed by atoms with E-state index in [1.165, 1.54) is 4.88 Å². The first-order valence-corrected chi connectivity index (χ1v) is 9.12. The van der Waals surface area contributed by atoms with E-state index in [2.05, 4.69) is 16.9 Å². The molecule has 0 radical (unpaired) electrons. The first-order chi connectivity index (χ1) is 11.7. The summed E-state index contributed by atoms with van der Waals surface area (Å²) in [5.74, 6) is 0.539. The van der Waals surface area contributed by atoms with Crippen LogP contribution in [0.3, 0.4) is 0 Å². The molecule has 1 amide bonds. The van der Waals surface area contributed by atoms with Crippen molar-refractivity contribution >= 4 is 28.3 Å². The smallest absolute Gasteiger partial charge is 0.242 e. The molecule has 1 fully saturated rings. The fraction of sp³-hybridized carbons (Fsp3) is 0.389. The summed E-state index contributed by atoms with van der Waals surface area (Å²) in [6.45, 7) is 4.05. The molecule has 4 rings (SSSR count). The van der Waals surface area contributed by atoms with Crippen molar-refractivity contribution in [3.05, 3.63) is 46.7 Å². The number of piperidine rings is 1. The third kappa shape index (κ3) is 2.94. The summed E-state index contributed by atoms with van der Waals surface area (Å²) >= 11 is 1.75. The highest BCUT2D eigenvalue weighted by molar-refractivity contribution is 7.11. The fourth-order valence-corrected chi connectivity index (χ4v) is 4.25. The Morgan fingerprint density at radius 3 is 3.04 bits per heavy atom. The van der Waals surface area contributed by atoms with Gasteiger partial charge in [0.2, 0.25) is 5.91 Å². The molecule has 1 aliphatic heterocycles. The Balaban J connectivity index is 1.48. The molecule has 0 bridgehead atoms. The van der Waals surface area contributed by atoms with E-state index < -0.39 is 0 Å². The topological polar surface area (TPSA) is 51.0 Å². The van der Waals surface area contributed by atoms with Crippen LogP contribution in [0.25, 0.3) is 11.0 Å². The van der Waals surface area contributed by atoms with Crippen molar-refractivity contribution < 1.29 is 4.79 Å². The van der Waals surface area contributed by atoms with Crippen LogP contribution in [-0.2, 0) is 11.3 Å². The Kier molecular flexibility index (Phi) is 4.06. The van der Waals surface area contributed by atoms with Gasteiger partial charge in [0.25, 0.3) is 0 Å². The molecule has 3 aromatic rings. The number of benzene rings is 1. The lowest BCUT2D eigenvalue weighted by molar-refractivity contribution is -0.133. The number of carbonyl (C=O) groups is 1. The lowest BCUT2D eigenvalue weighted by atomic mass is 9.98. The molecule has 124 valence electrons. The van der Waals surface area contributed by atoms with E-state index in [4.69, 9.17) is 0 Å². The third-order valence-corrected chi connectivity index (χ3v) is 5.67. The second-order valence-corrected chi connectivity index (χ2v) is 7.62. The number of imidazole rings is 1. The lowest BCUT2D eigenvalue weighted by Gasteiger charge is -2.32. The summed E-state index contributed by atoms with van der Waals surface area (Å²) in [4.78, 5) is 24.9. The molecular weight excluding hydrogens is 320 g/mol. The molecule has 2 aromatic heterocycles. The molecule has 5 nitrogen and oxygen atoms in total. The summed E-state index contributed by atoms with van der Waals surface area (Å²) in [6.07, 6.45) is 5.84. The number of aromatic nitrogens is 3. The van der Waals surface area contributed by atoms with Gasteiger partial charge in [0, 0.05) is 30.1 Å². The van der Waals surface area contributed by atoms with Gasteiger partial charge in [-0.05, 0) is 31.9 Å². The Morgan fingerprint density at radius 2 is 2.21 bits per heavy atom. The second-order valence-electron chi connectivity index (χ2n) is 6.35. The average Bonchev–Trinajstić information content (AvgIpc) is 3.22. The van der Waals surface area contributed by atoms with E-state index in [-0.39, 0.29) is 5.91 Å². The average molecular weight is 340 g/mol. The van der Waals surface area contributed by atoms with E-state index >= 15 is 0 Å². The summed E-state index contributed by atoms with van der Waals surface area (Å²) in [6, 6.07) is 7.92. The Labute approximate surface area is 145 Å². The summed E-state index contributed by atoms with van der Waals surface area (Å²) in [5, 5.41) is 1.16. The number of carbonyl (C=O) groups excluding carboxylic acids is 1. The molecule has 1 saturated heterocycles. The number of para-hydroxylation sites is 2.